The van der Waals surface area contributed by atoms with Gasteiger partial charge in [-0.1, -0.05) is 36.4 Å². The number of esters is 2. The molecule has 0 aromatic heterocycles. The maximum absolute atomic E-state index is 12.0. The summed E-state index contributed by atoms with van der Waals surface area (Å²) in [5.74, 6) is -1.43. The molecule has 2 rings (SSSR count). The highest BCUT2D eigenvalue weighted by Gasteiger charge is 2.28. The summed E-state index contributed by atoms with van der Waals surface area (Å²) in [6.07, 6.45) is 1.84. The molecule has 0 saturated carbocycles. The van der Waals surface area contributed by atoms with Gasteiger partial charge in [-0.05, 0) is 55.0 Å². The number of hydrogen-bond donors (Lipinski definition) is 0. The van der Waals surface area contributed by atoms with Crippen LogP contribution in [0.5, 0.6) is 0 Å². The Labute approximate surface area is 159 Å². The number of fused-ring (bicyclic) bond motifs is 1. The van der Waals surface area contributed by atoms with Crippen molar-refractivity contribution in [3.05, 3.63) is 47.5 Å². The number of carbonyl (C=O) groups is 2. The largest absolute Gasteiger partial charge is 0.465 e. The van der Waals surface area contributed by atoms with Crippen molar-refractivity contribution < 1.29 is 19.1 Å². The van der Waals surface area contributed by atoms with Crippen LogP contribution >= 0.6 is 11.6 Å². The minimum Gasteiger partial charge on any atom is -0.465 e. The molecular formula is C21H25ClO4. The zero-order valence-electron chi connectivity index (χ0n) is 15.3. The number of aryl methyl sites for hydroxylation is 1. The van der Waals surface area contributed by atoms with Gasteiger partial charge in [0.2, 0.25) is 0 Å². The molecule has 0 aliphatic rings. The first-order valence-corrected chi connectivity index (χ1v) is 9.53. The average Bonchev–Trinajstić information content (AvgIpc) is 2.64. The van der Waals surface area contributed by atoms with Crippen molar-refractivity contribution in [1.82, 2.24) is 0 Å². The molecule has 0 atom stereocenters. The Morgan fingerprint density at radius 2 is 1.69 bits per heavy atom. The molecule has 0 radical (unpaired) electrons. The number of rotatable bonds is 9. The molecule has 0 N–H and O–H groups in total. The van der Waals surface area contributed by atoms with Gasteiger partial charge in [0.15, 0.2) is 5.92 Å². The zero-order valence-corrected chi connectivity index (χ0v) is 16.1. The van der Waals surface area contributed by atoms with Gasteiger partial charge in [0.1, 0.15) is 0 Å². The third kappa shape index (κ3) is 5.21. The molecule has 4 nitrogen and oxygen atoms in total. The molecule has 0 fully saturated rings. The molecule has 0 amide bonds. The van der Waals surface area contributed by atoms with Gasteiger partial charge < -0.3 is 9.47 Å². The van der Waals surface area contributed by atoms with Gasteiger partial charge in [-0.3, -0.25) is 9.59 Å². The van der Waals surface area contributed by atoms with Crippen LogP contribution in [0, 0.1) is 5.92 Å². The standard InChI is InChI=1S/C21H25ClO4/c1-3-25-20(23)19(21(24)26-4-2)11-7-8-15-12-16-9-5-6-10-18(16)17(13-15)14-22/h5-6,9-10,12-13,19H,3-4,7-8,11,14H2,1-2H3. The van der Waals surface area contributed by atoms with E-state index in [2.05, 4.69) is 24.3 Å². The first kappa shape index (κ1) is 20.2. The summed E-state index contributed by atoms with van der Waals surface area (Å²) < 4.78 is 10.0. The summed E-state index contributed by atoms with van der Waals surface area (Å²) in [6, 6.07) is 12.4. The highest BCUT2D eigenvalue weighted by atomic mass is 35.5. The molecule has 0 spiro atoms. The molecule has 0 aliphatic carbocycles. The van der Waals surface area contributed by atoms with E-state index < -0.39 is 17.9 Å². The molecule has 0 unspecified atom stereocenters. The van der Waals surface area contributed by atoms with E-state index in [4.69, 9.17) is 21.1 Å². The van der Waals surface area contributed by atoms with E-state index in [1.807, 2.05) is 12.1 Å². The van der Waals surface area contributed by atoms with E-state index in [1.165, 1.54) is 0 Å². The Kier molecular flexibility index (Phi) is 7.92. The van der Waals surface area contributed by atoms with Crippen LogP contribution in [0.4, 0.5) is 0 Å². The minimum absolute atomic E-state index is 0.249. The average molecular weight is 377 g/mol. The molecule has 5 heteroatoms. The van der Waals surface area contributed by atoms with E-state index in [-0.39, 0.29) is 13.2 Å². The Hall–Kier alpha value is -2.07. The Balaban J connectivity index is 2.07. The fraction of sp³-hybridized carbons (Fsp3) is 0.429. The third-order valence-electron chi connectivity index (χ3n) is 4.25. The fourth-order valence-corrected chi connectivity index (χ4v) is 3.26. The number of carbonyl (C=O) groups excluding carboxylic acids is 2. The van der Waals surface area contributed by atoms with Gasteiger partial charge in [0.05, 0.1) is 13.2 Å². The van der Waals surface area contributed by atoms with Crippen LogP contribution in [0.25, 0.3) is 10.8 Å². The molecule has 2 aromatic rings. The maximum Gasteiger partial charge on any atom is 0.320 e. The van der Waals surface area contributed by atoms with E-state index in [9.17, 15) is 9.59 Å². The van der Waals surface area contributed by atoms with Crippen molar-refractivity contribution in [2.45, 2.75) is 39.0 Å². The molecule has 140 valence electrons. The van der Waals surface area contributed by atoms with E-state index in [0.29, 0.717) is 18.7 Å². The van der Waals surface area contributed by atoms with Gasteiger partial charge >= 0.3 is 11.9 Å². The second-order valence-corrected chi connectivity index (χ2v) is 6.33. The molecule has 0 heterocycles. The topological polar surface area (TPSA) is 52.6 Å². The lowest BCUT2D eigenvalue weighted by Gasteiger charge is -2.14. The van der Waals surface area contributed by atoms with E-state index >= 15 is 0 Å². The second-order valence-electron chi connectivity index (χ2n) is 6.06. The van der Waals surface area contributed by atoms with Crippen LogP contribution in [0.2, 0.25) is 0 Å². The molecule has 0 saturated heterocycles. The first-order valence-electron chi connectivity index (χ1n) is 9.00. The number of benzene rings is 2. The summed E-state index contributed by atoms with van der Waals surface area (Å²) in [5.41, 5.74) is 2.23. The van der Waals surface area contributed by atoms with Gasteiger partial charge in [-0.25, -0.2) is 0 Å². The van der Waals surface area contributed by atoms with Crippen LogP contribution in [0.15, 0.2) is 36.4 Å². The van der Waals surface area contributed by atoms with Gasteiger partial charge in [0, 0.05) is 5.88 Å². The number of hydrogen-bond acceptors (Lipinski definition) is 4. The summed E-state index contributed by atoms with van der Waals surface area (Å²) in [6.45, 7) is 3.95. The Morgan fingerprint density at radius 3 is 2.31 bits per heavy atom. The van der Waals surface area contributed by atoms with Gasteiger partial charge in [-0.2, -0.15) is 0 Å². The lowest BCUT2D eigenvalue weighted by atomic mass is 9.96. The lowest BCUT2D eigenvalue weighted by molar-refractivity contribution is -0.161. The minimum atomic E-state index is -0.858. The predicted molar refractivity (Wildman–Crippen MR) is 103 cm³/mol. The number of halogens is 1. The summed E-state index contributed by atoms with van der Waals surface area (Å²) in [7, 11) is 0. The molecule has 2 aromatic carbocycles. The zero-order chi connectivity index (χ0) is 18.9. The van der Waals surface area contributed by atoms with Crippen LogP contribution in [0.3, 0.4) is 0 Å². The third-order valence-corrected chi connectivity index (χ3v) is 4.54. The monoisotopic (exact) mass is 376 g/mol. The lowest BCUT2D eigenvalue weighted by Crippen LogP contribution is -2.28. The Bertz CT molecular complexity index is 739. The molecule has 26 heavy (non-hydrogen) atoms. The van der Waals surface area contributed by atoms with E-state index in [0.717, 1.165) is 28.3 Å². The van der Waals surface area contributed by atoms with Crippen molar-refractivity contribution in [2.75, 3.05) is 13.2 Å². The predicted octanol–water partition coefficient (Wildman–Crippen LogP) is 4.64. The maximum atomic E-state index is 12.0. The molecule has 0 aliphatic heterocycles. The van der Waals surface area contributed by atoms with Gasteiger partial charge in [-0.15, -0.1) is 11.6 Å². The van der Waals surface area contributed by atoms with Crippen LogP contribution in [0.1, 0.15) is 37.8 Å². The van der Waals surface area contributed by atoms with E-state index in [1.54, 1.807) is 13.8 Å². The van der Waals surface area contributed by atoms with Gasteiger partial charge in [0.25, 0.3) is 0 Å². The summed E-state index contributed by atoms with van der Waals surface area (Å²) in [5, 5.41) is 2.30. The summed E-state index contributed by atoms with van der Waals surface area (Å²) >= 11 is 6.09. The first-order chi connectivity index (χ1) is 12.6. The van der Waals surface area contributed by atoms with Crippen LogP contribution in [-0.2, 0) is 31.4 Å². The SMILES string of the molecule is CCOC(=O)C(CCCc1cc(CCl)c2ccccc2c1)C(=O)OCC. The van der Waals surface area contributed by atoms with Crippen molar-refractivity contribution in [1.29, 1.82) is 0 Å². The van der Waals surface area contributed by atoms with Crippen LogP contribution in [-0.4, -0.2) is 25.2 Å². The second kappa shape index (κ2) is 10.2. The highest BCUT2D eigenvalue weighted by molar-refractivity contribution is 6.18. The smallest absolute Gasteiger partial charge is 0.320 e. The number of alkyl halides is 1. The quantitative estimate of drug-likeness (QED) is 0.363. The normalized spacial score (nSPS) is 10.9. The van der Waals surface area contributed by atoms with Crippen molar-refractivity contribution in [2.24, 2.45) is 5.92 Å². The molecular weight excluding hydrogens is 352 g/mol. The van der Waals surface area contributed by atoms with Crippen molar-refractivity contribution in [3.8, 4) is 0 Å². The highest BCUT2D eigenvalue weighted by Crippen LogP contribution is 2.24. The van der Waals surface area contributed by atoms with Crippen molar-refractivity contribution in [3.63, 3.8) is 0 Å². The Morgan fingerprint density at radius 1 is 1.04 bits per heavy atom. The summed E-state index contributed by atoms with van der Waals surface area (Å²) in [4.78, 5) is 24.1. The molecule has 0 bridgehead atoms. The fourth-order valence-electron chi connectivity index (χ4n) is 3.04. The van der Waals surface area contributed by atoms with Crippen molar-refractivity contribution >= 4 is 34.3 Å². The van der Waals surface area contributed by atoms with Crippen LogP contribution < -0.4 is 0 Å². The number of ether oxygens (including phenoxy) is 2.